The molecule has 0 spiro atoms. The van der Waals surface area contributed by atoms with Gasteiger partial charge in [0.25, 0.3) is 0 Å². The highest BCUT2D eigenvalue weighted by atomic mass is 16.5. The Balaban J connectivity index is 1.29. The zero-order valence-corrected chi connectivity index (χ0v) is 19.5. The fourth-order valence-corrected chi connectivity index (χ4v) is 4.02. The van der Waals surface area contributed by atoms with Gasteiger partial charge in [-0.1, -0.05) is 30.3 Å². The summed E-state index contributed by atoms with van der Waals surface area (Å²) >= 11 is 0. The lowest BCUT2D eigenvalue weighted by molar-refractivity contribution is 0.394. The van der Waals surface area contributed by atoms with Crippen molar-refractivity contribution in [2.75, 3.05) is 39.3 Å². The summed E-state index contributed by atoms with van der Waals surface area (Å²) in [5.74, 6) is 2.39. The maximum atomic E-state index is 5.42. The number of ether oxygens (including phenoxy) is 2. The van der Waals surface area contributed by atoms with Crippen LogP contribution in [0.15, 0.2) is 65.9 Å². The first-order valence-corrected chi connectivity index (χ1v) is 11.2. The molecule has 0 bridgehead atoms. The van der Waals surface area contributed by atoms with Crippen molar-refractivity contribution in [1.29, 1.82) is 0 Å². The average molecular weight is 449 g/mol. The van der Waals surface area contributed by atoms with Gasteiger partial charge in [0.2, 0.25) is 0 Å². The Hall–Kier alpha value is -3.68. The number of aromatic nitrogens is 2. The van der Waals surface area contributed by atoms with Gasteiger partial charge in [-0.15, -0.1) is 0 Å². The molecule has 1 aliphatic rings. The first-order chi connectivity index (χ1) is 16.2. The van der Waals surface area contributed by atoms with E-state index in [4.69, 9.17) is 9.47 Å². The van der Waals surface area contributed by atoms with E-state index in [1.54, 1.807) is 21.3 Å². The molecule has 0 aliphatic carbocycles. The van der Waals surface area contributed by atoms with Crippen LogP contribution in [0.5, 0.6) is 11.5 Å². The molecule has 1 atom stereocenters. The van der Waals surface area contributed by atoms with E-state index in [0.717, 1.165) is 54.8 Å². The molecule has 1 aliphatic heterocycles. The molecule has 0 amide bonds. The standard InChI is InChI=1S/C25H32N6O2/c1-26-25(27-14-20-15-28-31(17-20)16-19-7-5-4-6-8-19)29-21-9-10-30(18-21)22-11-23(32-2)13-24(12-22)33-3/h4-8,11-13,15,17,21H,9-10,14,16,18H2,1-3H3,(H2,26,27,29). The fraction of sp³-hybridized carbons (Fsp3) is 0.360. The van der Waals surface area contributed by atoms with E-state index in [2.05, 4.69) is 44.0 Å². The Kier molecular flexibility index (Phi) is 7.34. The van der Waals surface area contributed by atoms with Crippen molar-refractivity contribution in [1.82, 2.24) is 20.4 Å². The summed E-state index contributed by atoms with van der Waals surface area (Å²) in [6.07, 6.45) is 4.99. The van der Waals surface area contributed by atoms with Gasteiger partial charge in [-0.25, -0.2) is 0 Å². The predicted octanol–water partition coefficient (Wildman–Crippen LogP) is 2.89. The lowest BCUT2D eigenvalue weighted by Crippen LogP contribution is -2.44. The van der Waals surface area contributed by atoms with Gasteiger partial charge in [0.15, 0.2) is 5.96 Å². The molecule has 8 nitrogen and oxygen atoms in total. The topological polar surface area (TPSA) is 75.9 Å². The summed E-state index contributed by atoms with van der Waals surface area (Å²) in [6, 6.07) is 16.6. The van der Waals surface area contributed by atoms with Crippen molar-refractivity contribution >= 4 is 11.6 Å². The van der Waals surface area contributed by atoms with Gasteiger partial charge in [-0.05, 0) is 12.0 Å². The first kappa shape index (κ1) is 22.5. The van der Waals surface area contributed by atoms with Crippen LogP contribution in [-0.4, -0.2) is 56.1 Å². The number of benzene rings is 2. The van der Waals surface area contributed by atoms with Crippen LogP contribution in [-0.2, 0) is 13.1 Å². The molecule has 1 fully saturated rings. The van der Waals surface area contributed by atoms with E-state index in [1.807, 2.05) is 47.3 Å². The summed E-state index contributed by atoms with van der Waals surface area (Å²) in [4.78, 5) is 6.74. The van der Waals surface area contributed by atoms with Crippen molar-refractivity contribution < 1.29 is 9.47 Å². The van der Waals surface area contributed by atoms with Crippen molar-refractivity contribution in [2.24, 2.45) is 4.99 Å². The monoisotopic (exact) mass is 448 g/mol. The number of nitrogens with zero attached hydrogens (tertiary/aromatic N) is 4. The number of rotatable bonds is 8. The maximum absolute atomic E-state index is 5.42. The number of hydrogen-bond donors (Lipinski definition) is 2. The van der Waals surface area contributed by atoms with Crippen LogP contribution in [0, 0.1) is 0 Å². The molecule has 1 aromatic heterocycles. The Morgan fingerprint density at radius 1 is 1.09 bits per heavy atom. The SMILES string of the molecule is CN=C(NCc1cnn(Cc2ccccc2)c1)NC1CCN(c2cc(OC)cc(OC)c2)C1. The smallest absolute Gasteiger partial charge is 0.191 e. The van der Waals surface area contributed by atoms with Crippen LogP contribution >= 0.6 is 0 Å². The number of anilines is 1. The van der Waals surface area contributed by atoms with E-state index in [9.17, 15) is 0 Å². The van der Waals surface area contributed by atoms with Crippen LogP contribution in [0.4, 0.5) is 5.69 Å². The van der Waals surface area contributed by atoms with Crippen LogP contribution < -0.4 is 25.0 Å². The summed E-state index contributed by atoms with van der Waals surface area (Å²) in [5, 5.41) is 11.4. The van der Waals surface area contributed by atoms with Crippen molar-refractivity contribution in [2.45, 2.75) is 25.6 Å². The molecule has 0 saturated carbocycles. The second kappa shape index (κ2) is 10.8. The van der Waals surface area contributed by atoms with E-state index < -0.39 is 0 Å². The molecule has 0 radical (unpaired) electrons. The Morgan fingerprint density at radius 2 is 1.85 bits per heavy atom. The molecule has 1 saturated heterocycles. The summed E-state index contributed by atoms with van der Waals surface area (Å²) in [7, 11) is 5.15. The summed E-state index contributed by atoms with van der Waals surface area (Å²) in [6.45, 7) is 3.27. The molecular formula is C25H32N6O2. The van der Waals surface area contributed by atoms with Crippen LogP contribution in [0.2, 0.25) is 0 Å². The molecule has 2 aromatic carbocycles. The first-order valence-electron chi connectivity index (χ1n) is 11.2. The van der Waals surface area contributed by atoms with Gasteiger partial charge in [0.05, 0.1) is 27.0 Å². The minimum Gasteiger partial charge on any atom is -0.497 e. The number of methoxy groups -OCH3 is 2. The highest BCUT2D eigenvalue weighted by Gasteiger charge is 2.24. The molecule has 3 aromatic rings. The predicted molar refractivity (Wildman–Crippen MR) is 131 cm³/mol. The van der Waals surface area contributed by atoms with Gasteiger partial charge < -0.3 is 25.0 Å². The van der Waals surface area contributed by atoms with Gasteiger partial charge in [0, 0.05) is 68.4 Å². The molecule has 33 heavy (non-hydrogen) atoms. The van der Waals surface area contributed by atoms with E-state index in [-0.39, 0.29) is 0 Å². The van der Waals surface area contributed by atoms with Gasteiger partial charge >= 0.3 is 0 Å². The molecular weight excluding hydrogens is 416 g/mol. The van der Waals surface area contributed by atoms with Crippen LogP contribution in [0.25, 0.3) is 0 Å². The van der Waals surface area contributed by atoms with Gasteiger partial charge in [-0.2, -0.15) is 5.10 Å². The van der Waals surface area contributed by atoms with Crippen molar-refractivity contribution in [3.05, 3.63) is 72.1 Å². The minimum absolute atomic E-state index is 0.300. The lowest BCUT2D eigenvalue weighted by atomic mass is 10.2. The van der Waals surface area contributed by atoms with E-state index in [0.29, 0.717) is 12.6 Å². The highest BCUT2D eigenvalue weighted by Crippen LogP contribution is 2.30. The zero-order valence-electron chi connectivity index (χ0n) is 19.5. The number of nitrogens with one attached hydrogen (secondary N) is 2. The van der Waals surface area contributed by atoms with Crippen molar-refractivity contribution in [3.63, 3.8) is 0 Å². The highest BCUT2D eigenvalue weighted by molar-refractivity contribution is 5.80. The molecule has 4 rings (SSSR count). The summed E-state index contributed by atoms with van der Waals surface area (Å²) < 4.78 is 12.8. The number of hydrogen-bond acceptors (Lipinski definition) is 5. The van der Waals surface area contributed by atoms with E-state index in [1.165, 1.54) is 5.56 Å². The third kappa shape index (κ3) is 5.97. The third-order valence-electron chi connectivity index (χ3n) is 5.79. The Labute approximate surface area is 195 Å². The zero-order chi connectivity index (χ0) is 23.0. The number of aliphatic imine (C=N–C) groups is 1. The molecule has 2 N–H and O–H groups in total. The second-order valence-electron chi connectivity index (χ2n) is 8.10. The molecule has 2 heterocycles. The minimum atomic E-state index is 0.300. The van der Waals surface area contributed by atoms with Crippen LogP contribution in [0.1, 0.15) is 17.5 Å². The quantitative estimate of drug-likeness (QED) is 0.408. The second-order valence-corrected chi connectivity index (χ2v) is 8.10. The Bertz CT molecular complexity index is 1040. The number of guanidine groups is 1. The van der Waals surface area contributed by atoms with Crippen LogP contribution in [0.3, 0.4) is 0 Å². The Morgan fingerprint density at radius 3 is 2.55 bits per heavy atom. The van der Waals surface area contributed by atoms with E-state index >= 15 is 0 Å². The largest absolute Gasteiger partial charge is 0.497 e. The third-order valence-corrected chi connectivity index (χ3v) is 5.79. The normalized spacial score (nSPS) is 16.0. The van der Waals surface area contributed by atoms with Crippen molar-refractivity contribution in [3.8, 4) is 11.5 Å². The van der Waals surface area contributed by atoms with Gasteiger partial charge in [0.1, 0.15) is 11.5 Å². The summed E-state index contributed by atoms with van der Waals surface area (Å²) in [5.41, 5.74) is 3.45. The lowest BCUT2D eigenvalue weighted by Gasteiger charge is -2.21. The molecule has 1 unspecified atom stereocenters. The molecule has 174 valence electrons. The maximum Gasteiger partial charge on any atom is 0.191 e. The fourth-order valence-electron chi connectivity index (χ4n) is 4.02. The average Bonchev–Trinajstić information content (AvgIpc) is 3.51. The molecule has 8 heteroatoms. The van der Waals surface area contributed by atoms with Gasteiger partial charge in [-0.3, -0.25) is 9.67 Å².